The zero-order valence-electron chi connectivity index (χ0n) is 8.21. The molecule has 1 atom stereocenters. The summed E-state index contributed by atoms with van der Waals surface area (Å²) in [6.45, 7) is 5.58. The van der Waals surface area contributed by atoms with Gasteiger partial charge in [0, 0.05) is 0 Å². The van der Waals surface area contributed by atoms with Crippen LogP contribution in [0.3, 0.4) is 0 Å². The van der Waals surface area contributed by atoms with E-state index in [-0.39, 0.29) is 0 Å². The highest BCUT2D eigenvalue weighted by molar-refractivity contribution is 5.36. The lowest BCUT2D eigenvalue weighted by Gasteiger charge is -2.09. The Bertz CT molecular complexity index is 102. The Balaban J connectivity index is 3.07. The van der Waals surface area contributed by atoms with Gasteiger partial charge in [-0.25, -0.2) is 0 Å². The summed E-state index contributed by atoms with van der Waals surface area (Å²) in [6, 6.07) is 0. The molecule has 12 heavy (non-hydrogen) atoms. The summed E-state index contributed by atoms with van der Waals surface area (Å²) in [5.41, 5.74) is 0. The molecule has 0 amide bonds. The van der Waals surface area contributed by atoms with E-state index in [9.17, 15) is 4.79 Å². The average Bonchev–Trinajstić information content (AvgIpc) is 2.09. The number of carbonyl (C=O) groups excluding carboxylic acids is 1. The predicted octanol–water partition coefficient (Wildman–Crippen LogP) is 2.77. The van der Waals surface area contributed by atoms with Crippen LogP contribution in [0.4, 0.5) is 0 Å². The Morgan fingerprint density at radius 1 is 1.33 bits per heavy atom. The van der Waals surface area contributed by atoms with Crippen molar-refractivity contribution >= 4 is 6.47 Å². The molecule has 0 aliphatic rings. The zero-order chi connectivity index (χ0) is 9.23. The van der Waals surface area contributed by atoms with Crippen LogP contribution in [0.15, 0.2) is 0 Å². The van der Waals surface area contributed by atoms with Gasteiger partial charge in [-0.05, 0) is 18.8 Å². The second kappa shape index (κ2) is 8.57. The standard InChI is InChI=1S/C10H20O2/c1-3-4-6-10(2)7-5-8-12-9-11/h9-10H,3-8H2,1-2H3. The lowest BCUT2D eigenvalue weighted by molar-refractivity contribution is -0.128. The topological polar surface area (TPSA) is 26.3 Å². The first kappa shape index (κ1) is 11.5. The lowest BCUT2D eigenvalue weighted by atomic mass is 9.99. The third kappa shape index (κ3) is 7.58. The minimum absolute atomic E-state index is 0.525. The molecule has 0 aliphatic carbocycles. The van der Waals surface area contributed by atoms with Crippen molar-refractivity contribution in [3.05, 3.63) is 0 Å². The molecule has 0 rings (SSSR count). The molecule has 0 saturated carbocycles. The number of hydrogen-bond acceptors (Lipinski definition) is 2. The summed E-state index contributed by atoms with van der Waals surface area (Å²) in [4.78, 5) is 9.80. The van der Waals surface area contributed by atoms with E-state index in [4.69, 9.17) is 0 Å². The SMILES string of the molecule is CCCCC(C)CCCOC=O. The van der Waals surface area contributed by atoms with Gasteiger partial charge >= 0.3 is 0 Å². The Hall–Kier alpha value is -0.530. The third-order valence-corrected chi connectivity index (χ3v) is 2.08. The van der Waals surface area contributed by atoms with E-state index >= 15 is 0 Å². The molecule has 0 saturated heterocycles. The molecule has 0 fully saturated rings. The minimum atomic E-state index is 0.525. The van der Waals surface area contributed by atoms with E-state index in [1.165, 1.54) is 25.7 Å². The molecule has 2 nitrogen and oxygen atoms in total. The van der Waals surface area contributed by atoms with E-state index < -0.39 is 0 Å². The van der Waals surface area contributed by atoms with Crippen molar-refractivity contribution in [1.82, 2.24) is 0 Å². The molecule has 0 heterocycles. The predicted molar refractivity (Wildman–Crippen MR) is 49.9 cm³/mol. The van der Waals surface area contributed by atoms with Crippen LogP contribution in [0.2, 0.25) is 0 Å². The van der Waals surface area contributed by atoms with E-state index in [1.807, 2.05) is 0 Å². The van der Waals surface area contributed by atoms with Gasteiger partial charge in [-0.2, -0.15) is 0 Å². The first-order valence-corrected chi connectivity index (χ1v) is 4.86. The van der Waals surface area contributed by atoms with Crippen molar-refractivity contribution in [3.63, 3.8) is 0 Å². The molecule has 0 aromatic heterocycles. The van der Waals surface area contributed by atoms with Gasteiger partial charge in [-0.3, -0.25) is 4.79 Å². The molecule has 1 unspecified atom stereocenters. The Labute approximate surface area is 75.3 Å². The van der Waals surface area contributed by atoms with Crippen molar-refractivity contribution in [1.29, 1.82) is 0 Å². The molecule has 0 aliphatic heterocycles. The molecule has 0 aromatic rings. The van der Waals surface area contributed by atoms with E-state index in [1.54, 1.807) is 0 Å². The average molecular weight is 172 g/mol. The quantitative estimate of drug-likeness (QED) is 0.415. The summed E-state index contributed by atoms with van der Waals surface area (Å²) >= 11 is 0. The first-order chi connectivity index (χ1) is 5.81. The Morgan fingerprint density at radius 2 is 2.00 bits per heavy atom. The molecule has 0 spiro atoms. The molecular formula is C10H20O2. The fraction of sp³-hybridized carbons (Fsp3) is 0.900. The molecule has 0 N–H and O–H groups in total. The second-order valence-corrected chi connectivity index (χ2v) is 3.36. The van der Waals surface area contributed by atoms with Gasteiger partial charge in [-0.1, -0.05) is 33.1 Å². The first-order valence-electron chi connectivity index (χ1n) is 4.86. The summed E-state index contributed by atoms with van der Waals surface area (Å²) < 4.78 is 4.61. The van der Waals surface area contributed by atoms with Gasteiger partial charge in [0.2, 0.25) is 0 Å². The van der Waals surface area contributed by atoms with E-state index in [0.29, 0.717) is 13.1 Å². The van der Waals surface area contributed by atoms with Crippen LogP contribution in [0.25, 0.3) is 0 Å². The van der Waals surface area contributed by atoms with Crippen LogP contribution in [0.5, 0.6) is 0 Å². The molecule has 2 heteroatoms. The number of rotatable bonds is 8. The fourth-order valence-electron chi connectivity index (χ4n) is 1.26. The summed E-state index contributed by atoms with van der Waals surface area (Å²) in [5, 5.41) is 0. The smallest absolute Gasteiger partial charge is 0.293 e. The van der Waals surface area contributed by atoms with Crippen LogP contribution in [0, 0.1) is 5.92 Å². The largest absolute Gasteiger partial charge is 0.468 e. The maximum absolute atomic E-state index is 9.80. The number of unbranched alkanes of at least 4 members (excludes halogenated alkanes) is 1. The van der Waals surface area contributed by atoms with Gasteiger partial charge < -0.3 is 4.74 Å². The van der Waals surface area contributed by atoms with Gasteiger partial charge in [0.15, 0.2) is 0 Å². The fourth-order valence-corrected chi connectivity index (χ4v) is 1.26. The van der Waals surface area contributed by atoms with Gasteiger partial charge in [-0.15, -0.1) is 0 Å². The van der Waals surface area contributed by atoms with Crippen molar-refractivity contribution in [3.8, 4) is 0 Å². The summed E-state index contributed by atoms with van der Waals surface area (Å²) in [6.07, 6.45) is 6.07. The van der Waals surface area contributed by atoms with Crippen LogP contribution < -0.4 is 0 Å². The Morgan fingerprint density at radius 3 is 2.58 bits per heavy atom. The maximum Gasteiger partial charge on any atom is 0.293 e. The van der Waals surface area contributed by atoms with Crippen molar-refractivity contribution < 1.29 is 9.53 Å². The highest BCUT2D eigenvalue weighted by atomic mass is 16.5. The zero-order valence-corrected chi connectivity index (χ0v) is 8.21. The molecule has 72 valence electrons. The monoisotopic (exact) mass is 172 g/mol. The summed E-state index contributed by atoms with van der Waals surface area (Å²) in [7, 11) is 0. The van der Waals surface area contributed by atoms with Crippen LogP contribution in [-0.2, 0) is 9.53 Å². The van der Waals surface area contributed by atoms with E-state index in [2.05, 4.69) is 18.6 Å². The third-order valence-electron chi connectivity index (χ3n) is 2.08. The maximum atomic E-state index is 9.80. The van der Waals surface area contributed by atoms with Crippen molar-refractivity contribution in [2.45, 2.75) is 46.0 Å². The van der Waals surface area contributed by atoms with Gasteiger partial charge in [0.1, 0.15) is 0 Å². The number of carbonyl (C=O) groups is 1. The number of ether oxygens (including phenoxy) is 1. The normalized spacial score (nSPS) is 12.5. The van der Waals surface area contributed by atoms with Crippen molar-refractivity contribution in [2.24, 2.45) is 5.92 Å². The second-order valence-electron chi connectivity index (χ2n) is 3.36. The molecule has 0 bridgehead atoms. The van der Waals surface area contributed by atoms with Crippen LogP contribution >= 0.6 is 0 Å². The van der Waals surface area contributed by atoms with Crippen molar-refractivity contribution in [2.75, 3.05) is 6.61 Å². The van der Waals surface area contributed by atoms with Crippen LogP contribution in [0.1, 0.15) is 46.0 Å². The molecule has 0 aromatic carbocycles. The lowest BCUT2D eigenvalue weighted by Crippen LogP contribution is -1.98. The highest BCUT2D eigenvalue weighted by Crippen LogP contribution is 2.13. The summed E-state index contributed by atoms with van der Waals surface area (Å²) in [5.74, 6) is 0.778. The van der Waals surface area contributed by atoms with E-state index in [0.717, 1.165) is 12.3 Å². The minimum Gasteiger partial charge on any atom is -0.468 e. The molecule has 0 radical (unpaired) electrons. The number of hydrogen-bond donors (Lipinski definition) is 0. The van der Waals surface area contributed by atoms with Gasteiger partial charge in [0.25, 0.3) is 6.47 Å². The Kier molecular flexibility index (Phi) is 8.19. The van der Waals surface area contributed by atoms with Gasteiger partial charge in [0.05, 0.1) is 6.61 Å². The molecular weight excluding hydrogens is 152 g/mol. The van der Waals surface area contributed by atoms with Crippen LogP contribution in [-0.4, -0.2) is 13.1 Å². The highest BCUT2D eigenvalue weighted by Gasteiger charge is 2.00.